The van der Waals surface area contributed by atoms with Gasteiger partial charge in [-0.1, -0.05) is 13.8 Å². The molecule has 2 fully saturated rings. The van der Waals surface area contributed by atoms with Gasteiger partial charge in [-0.25, -0.2) is 0 Å². The highest BCUT2D eigenvalue weighted by Crippen LogP contribution is 2.23. The van der Waals surface area contributed by atoms with Crippen molar-refractivity contribution in [1.82, 2.24) is 4.90 Å². The third-order valence-electron chi connectivity index (χ3n) is 4.18. The Morgan fingerprint density at radius 1 is 1.31 bits per heavy atom. The van der Waals surface area contributed by atoms with Gasteiger partial charge in [-0.3, -0.25) is 9.69 Å². The summed E-state index contributed by atoms with van der Waals surface area (Å²) in [4.78, 5) is 14.3. The van der Waals surface area contributed by atoms with Crippen LogP contribution in [0, 0.1) is 17.8 Å². The van der Waals surface area contributed by atoms with Crippen LogP contribution >= 0.6 is 0 Å². The fourth-order valence-electron chi connectivity index (χ4n) is 2.63. The van der Waals surface area contributed by atoms with Crippen LogP contribution < -0.4 is 0 Å². The monoisotopic (exact) mass is 225 g/mol. The van der Waals surface area contributed by atoms with Crippen LogP contribution in [0.4, 0.5) is 0 Å². The van der Waals surface area contributed by atoms with Gasteiger partial charge in [0.1, 0.15) is 0 Å². The van der Waals surface area contributed by atoms with Crippen LogP contribution in [0.2, 0.25) is 0 Å². The van der Waals surface area contributed by atoms with Crippen molar-refractivity contribution in [1.29, 1.82) is 0 Å². The number of rotatable bonds is 3. The minimum absolute atomic E-state index is 0.176. The summed E-state index contributed by atoms with van der Waals surface area (Å²) >= 11 is 0. The Morgan fingerprint density at radius 3 is 2.75 bits per heavy atom. The minimum atomic E-state index is 0.176. The fourth-order valence-corrected chi connectivity index (χ4v) is 2.63. The summed E-state index contributed by atoms with van der Waals surface area (Å²) in [5, 5.41) is 0. The first kappa shape index (κ1) is 12.1. The molecule has 16 heavy (non-hydrogen) atoms. The third kappa shape index (κ3) is 2.83. The molecule has 0 amide bonds. The van der Waals surface area contributed by atoms with E-state index < -0.39 is 0 Å². The second-order valence-corrected chi connectivity index (χ2v) is 5.51. The molecule has 0 N–H and O–H groups in total. The van der Waals surface area contributed by atoms with E-state index in [4.69, 9.17) is 4.74 Å². The van der Waals surface area contributed by atoms with Gasteiger partial charge in [0.25, 0.3) is 0 Å². The van der Waals surface area contributed by atoms with Gasteiger partial charge in [0.05, 0.1) is 13.2 Å². The van der Waals surface area contributed by atoms with Gasteiger partial charge in [0.2, 0.25) is 0 Å². The van der Waals surface area contributed by atoms with Gasteiger partial charge in [0, 0.05) is 19.1 Å². The first-order valence-corrected chi connectivity index (χ1v) is 6.49. The molecule has 2 rings (SSSR count). The fraction of sp³-hybridized carbons (Fsp3) is 0.923. The van der Waals surface area contributed by atoms with Gasteiger partial charge in [-0.2, -0.15) is 0 Å². The van der Waals surface area contributed by atoms with E-state index in [1.807, 2.05) is 0 Å². The molecule has 92 valence electrons. The smallest absolute Gasteiger partial charge is 0.152 e. The molecule has 0 spiro atoms. The molecule has 3 unspecified atom stereocenters. The molecular formula is C13H23NO2. The van der Waals surface area contributed by atoms with E-state index in [2.05, 4.69) is 18.7 Å². The number of Topliss-reactive ketones (excluding diaryl/α,β-unsaturated/α-hetero) is 1. The first-order valence-electron chi connectivity index (χ1n) is 6.49. The summed E-state index contributed by atoms with van der Waals surface area (Å²) < 4.78 is 5.27. The normalized spacial score (nSPS) is 36.5. The van der Waals surface area contributed by atoms with E-state index >= 15 is 0 Å². The summed E-state index contributed by atoms with van der Waals surface area (Å²) in [7, 11) is 0. The molecule has 3 atom stereocenters. The van der Waals surface area contributed by atoms with Crippen LogP contribution in [0.15, 0.2) is 0 Å². The summed E-state index contributed by atoms with van der Waals surface area (Å²) in [6, 6.07) is 0. The maximum atomic E-state index is 12.0. The largest absolute Gasteiger partial charge is 0.381 e. The Balaban J connectivity index is 1.78. The second kappa shape index (κ2) is 5.28. The zero-order valence-corrected chi connectivity index (χ0v) is 10.4. The van der Waals surface area contributed by atoms with E-state index in [0.717, 1.165) is 38.0 Å². The number of hydrogen-bond acceptors (Lipinski definition) is 3. The molecule has 2 aliphatic heterocycles. The molecule has 2 heterocycles. The van der Waals surface area contributed by atoms with E-state index in [9.17, 15) is 4.79 Å². The Morgan fingerprint density at radius 2 is 2.12 bits per heavy atom. The van der Waals surface area contributed by atoms with Crippen LogP contribution in [0.3, 0.4) is 0 Å². The number of hydrogen-bond donors (Lipinski definition) is 0. The average molecular weight is 225 g/mol. The second-order valence-electron chi connectivity index (χ2n) is 5.51. The lowest BCUT2D eigenvalue weighted by Crippen LogP contribution is -2.42. The van der Waals surface area contributed by atoms with Crippen molar-refractivity contribution in [3.8, 4) is 0 Å². The highest BCUT2D eigenvalue weighted by Gasteiger charge is 2.28. The molecule has 2 saturated heterocycles. The topological polar surface area (TPSA) is 29.5 Å². The Labute approximate surface area is 98.1 Å². The van der Waals surface area contributed by atoms with E-state index in [1.54, 1.807) is 0 Å². The third-order valence-corrected chi connectivity index (χ3v) is 4.18. The Bertz CT molecular complexity index is 248. The SMILES string of the molecule is CC1CCN(CC(=O)C2CCOC2)CC1C. The molecule has 0 aromatic carbocycles. The van der Waals surface area contributed by atoms with Crippen molar-refractivity contribution in [2.45, 2.75) is 26.7 Å². The number of piperidine rings is 1. The molecule has 0 aliphatic carbocycles. The highest BCUT2D eigenvalue weighted by molar-refractivity contribution is 5.83. The van der Waals surface area contributed by atoms with Crippen molar-refractivity contribution in [2.24, 2.45) is 17.8 Å². The molecule has 0 bridgehead atoms. The Hall–Kier alpha value is -0.410. The number of carbonyl (C=O) groups is 1. The number of ether oxygens (including phenoxy) is 1. The molecule has 0 aromatic heterocycles. The lowest BCUT2D eigenvalue weighted by Gasteiger charge is -2.35. The standard InChI is InChI=1S/C13H23NO2/c1-10-3-5-14(7-11(10)2)8-13(15)12-4-6-16-9-12/h10-12H,3-9H2,1-2H3. The summed E-state index contributed by atoms with van der Waals surface area (Å²) in [5.41, 5.74) is 0. The Kier molecular flexibility index (Phi) is 3.98. The lowest BCUT2D eigenvalue weighted by molar-refractivity contribution is -0.124. The first-order chi connectivity index (χ1) is 7.66. The van der Waals surface area contributed by atoms with Crippen LogP contribution in [-0.4, -0.2) is 43.5 Å². The maximum Gasteiger partial charge on any atom is 0.152 e. The molecule has 0 saturated carbocycles. The predicted molar refractivity (Wildman–Crippen MR) is 63.3 cm³/mol. The molecule has 3 heteroatoms. The average Bonchev–Trinajstić information content (AvgIpc) is 2.77. The van der Waals surface area contributed by atoms with Gasteiger partial charge >= 0.3 is 0 Å². The van der Waals surface area contributed by atoms with Crippen molar-refractivity contribution >= 4 is 5.78 Å². The molecule has 0 radical (unpaired) electrons. The van der Waals surface area contributed by atoms with Gasteiger partial charge in [0.15, 0.2) is 5.78 Å². The van der Waals surface area contributed by atoms with E-state index in [-0.39, 0.29) is 5.92 Å². The van der Waals surface area contributed by atoms with Crippen LogP contribution in [0.5, 0.6) is 0 Å². The van der Waals surface area contributed by atoms with Crippen molar-refractivity contribution < 1.29 is 9.53 Å². The number of ketones is 1. The van der Waals surface area contributed by atoms with E-state index in [0.29, 0.717) is 18.9 Å². The molecule has 3 nitrogen and oxygen atoms in total. The molecular weight excluding hydrogens is 202 g/mol. The van der Waals surface area contributed by atoms with Crippen molar-refractivity contribution in [3.63, 3.8) is 0 Å². The number of carbonyl (C=O) groups excluding carboxylic acids is 1. The molecule has 0 aromatic rings. The number of likely N-dealkylation sites (tertiary alicyclic amines) is 1. The number of nitrogens with zero attached hydrogens (tertiary/aromatic N) is 1. The zero-order chi connectivity index (χ0) is 11.5. The highest BCUT2D eigenvalue weighted by atomic mass is 16.5. The zero-order valence-electron chi connectivity index (χ0n) is 10.4. The predicted octanol–water partition coefficient (Wildman–Crippen LogP) is 1.57. The van der Waals surface area contributed by atoms with Crippen LogP contribution in [-0.2, 0) is 9.53 Å². The summed E-state index contributed by atoms with van der Waals surface area (Å²) in [6.07, 6.45) is 2.16. The van der Waals surface area contributed by atoms with Gasteiger partial charge in [-0.05, 0) is 31.2 Å². The molecule has 2 aliphatic rings. The van der Waals surface area contributed by atoms with Gasteiger partial charge < -0.3 is 4.74 Å². The van der Waals surface area contributed by atoms with Crippen LogP contribution in [0.25, 0.3) is 0 Å². The summed E-state index contributed by atoms with van der Waals surface area (Å²) in [5.74, 6) is 2.09. The summed E-state index contributed by atoms with van der Waals surface area (Å²) in [6.45, 7) is 8.84. The quantitative estimate of drug-likeness (QED) is 0.730. The maximum absolute atomic E-state index is 12.0. The lowest BCUT2D eigenvalue weighted by atomic mass is 9.88. The minimum Gasteiger partial charge on any atom is -0.381 e. The van der Waals surface area contributed by atoms with Crippen molar-refractivity contribution in [2.75, 3.05) is 32.8 Å². The van der Waals surface area contributed by atoms with E-state index in [1.165, 1.54) is 6.42 Å². The van der Waals surface area contributed by atoms with Crippen molar-refractivity contribution in [3.05, 3.63) is 0 Å². The van der Waals surface area contributed by atoms with Crippen LogP contribution in [0.1, 0.15) is 26.7 Å². The van der Waals surface area contributed by atoms with Gasteiger partial charge in [-0.15, -0.1) is 0 Å².